The Balaban J connectivity index is 2.51. The molecule has 4 heteroatoms. The van der Waals surface area contributed by atoms with E-state index in [4.69, 9.17) is 0 Å². The summed E-state index contributed by atoms with van der Waals surface area (Å²) >= 11 is 1.61. The summed E-state index contributed by atoms with van der Waals surface area (Å²) in [7, 11) is 0. The number of carbonyl (C=O) groups excluding carboxylic acids is 1. The highest BCUT2D eigenvalue weighted by molar-refractivity contribution is 8.00. The van der Waals surface area contributed by atoms with E-state index in [1.165, 1.54) is 5.56 Å². The van der Waals surface area contributed by atoms with Crippen molar-refractivity contribution in [3.63, 3.8) is 0 Å². The maximum Gasteiger partial charge on any atom is 0.232 e. The lowest BCUT2D eigenvalue weighted by Gasteiger charge is -2.18. The zero-order valence-electron chi connectivity index (χ0n) is 13.0. The van der Waals surface area contributed by atoms with Crippen molar-refractivity contribution >= 4 is 17.7 Å². The molecule has 0 aliphatic heterocycles. The van der Waals surface area contributed by atoms with Gasteiger partial charge in [-0.1, -0.05) is 19.1 Å². The molecule has 0 saturated heterocycles. The second-order valence-corrected chi connectivity index (χ2v) is 5.75. The highest BCUT2D eigenvalue weighted by Crippen LogP contribution is 2.21. The quantitative estimate of drug-likeness (QED) is 0.747. The monoisotopic (exact) mass is 294 g/mol. The van der Waals surface area contributed by atoms with Crippen molar-refractivity contribution in [3.8, 4) is 0 Å². The fourth-order valence-corrected chi connectivity index (χ4v) is 2.89. The molecule has 1 aromatic rings. The van der Waals surface area contributed by atoms with Crippen LogP contribution in [-0.2, 0) is 4.79 Å². The van der Waals surface area contributed by atoms with Crippen molar-refractivity contribution in [2.45, 2.75) is 38.6 Å². The standard InChI is InChI=1S/C16H26N2OS/c1-5-17-13(4)14-8-10-15(11-9-14)20-12-16(19)18(6-2)7-3/h8-11,13,17H,5-7,12H2,1-4H3. The molecule has 0 saturated carbocycles. The molecule has 0 radical (unpaired) electrons. The third-order valence-corrected chi connectivity index (χ3v) is 4.37. The van der Waals surface area contributed by atoms with E-state index >= 15 is 0 Å². The van der Waals surface area contributed by atoms with Crippen molar-refractivity contribution < 1.29 is 4.79 Å². The van der Waals surface area contributed by atoms with Gasteiger partial charge in [0.15, 0.2) is 0 Å². The summed E-state index contributed by atoms with van der Waals surface area (Å²) in [5.74, 6) is 0.731. The summed E-state index contributed by atoms with van der Waals surface area (Å²) in [6, 6.07) is 8.85. The Bertz CT molecular complexity index is 401. The predicted octanol–water partition coefficient (Wildman–Crippen LogP) is 3.32. The van der Waals surface area contributed by atoms with Gasteiger partial charge in [0, 0.05) is 24.0 Å². The first-order valence-electron chi connectivity index (χ1n) is 7.36. The van der Waals surface area contributed by atoms with Crippen LogP contribution in [-0.4, -0.2) is 36.2 Å². The number of carbonyl (C=O) groups is 1. The fraction of sp³-hybridized carbons (Fsp3) is 0.562. The van der Waals surface area contributed by atoms with E-state index in [2.05, 4.69) is 43.4 Å². The average molecular weight is 294 g/mol. The van der Waals surface area contributed by atoms with E-state index in [-0.39, 0.29) is 5.91 Å². The second-order valence-electron chi connectivity index (χ2n) is 4.70. The molecular formula is C16H26N2OS. The van der Waals surface area contributed by atoms with E-state index in [0.29, 0.717) is 11.8 Å². The number of nitrogens with one attached hydrogen (secondary N) is 1. The minimum atomic E-state index is 0.213. The van der Waals surface area contributed by atoms with Crippen LogP contribution in [0.3, 0.4) is 0 Å². The molecule has 0 bridgehead atoms. The van der Waals surface area contributed by atoms with Crippen molar-refractivity contribution in [2.24, 2.45) is 0 Å². The molecule has 0 spiro atoms. The summed E-state index contributed by atoms with van der Waals surface area (Å²) < 4.78 is 0. The average Bonchev–Trinajstić information content (AvgIpc) is 2.47. The predicted molar refractivity (Wildman–Crippen MR) is 87.2 cm³/mol. The summed E-state index contributed by atoms with van der Waals surface area (Å²) in [6.45, 7) is 10.8. The smallest absolute Gasteiger partial charge is 0.232 e. The Morgan fingerprint density at radius 2 is 1.80 bits per heavy atom. The molecule has 1 aromatic carbocycles. The highest BCUT2D eigenvalue weighted by Gasteiger charge is 2.10. The Hall–Kier alpha value is -1.00. The Morgan fingerprint density at radius 1 is 1.20 bits per heavy atom. The minimum Gasteiger partial charge on any atom is -0.343 e. The largest absolute Gasteiger partial charge is 0.343 e. The maximum absolute atomic E-state index is 11.9. The minimum absolute atomic E-state index is 0.213. The van der Waals surface area contributed by atoms with Gasteiger partial charge in [-0.05, 0) is 45.0 Å². The summed E-state index contributed by atoms with van der Waals surface area (Å²) in [5.41, 5.74) is 1.28. The molecule has 0 aliphatic carbocycles. The fourth-order valence-electron chi connectivity index (χ4n) is 2.09. The Kier molecular flexibility index (Phi) is 7.70. The first-order chi connectivity index (χ1) is 9.62. The van der Waals surface area contributed by atoms with Gasteiger partial charge in [-0.3, -0.25) is 4.79 Å². The second kappa shape index (κ2) is 9.03. The van der Waals surface area contributed by atoms with Crippen LogP contribution in [0, 0.1) is 0 Å². The molecule has 20 heavy (non-hydrogen) atoms. The van der Waals surface area contributed by atoms with Crippen LogP contribution in [0.5, 0.6) is 0 Å². The van der Waals surface area contributed by atoms with Crippen LogP contribution in [0.15, 0.2) is 29.2 Å². The zero-order chi connectivity index (χ0) is 15.0. The van der Waals surface area contributed by atoms with Crippen molar-refractivity contribution in [1.29, 1.82) is 0 Å². The zero-order valence-corrected chi connectivity index (χ0v) is 13.8. The van der Waals surface area contributed by atoms with Gasteiger partial charge in [0.05, 0.1) is 5.75 Å². The van der Waals surface area contributed by atoms with Crippen molar-refractivity contribution in [1.82, 2.24) is 10.2 Å². The number of hydrogen-bond acceptors (Lipinski definition) is 3. The van der Waals surface area contributed by atoms with Gasteiger partial charge in [0.2, 0.25) is 5.91 Å². The van der Waals surface area contributed by atoms with Gasteiger partial charge < -0.3 is 10.2 Å². The Labute approximate surface area is 127 Å². The van der Waals surface area contributed by atoms with Crippen molar-refractivity contribution in [3.05, 3.63) is 29.8 Å². The third-order valence-electron chi connectivity index (χ3n) is 3.37. The highest BCUT2D eigenvalue weighted by atomic mass is 32.2. The van der Waals surface area contributed by atoms with Crippen LogP contribution in [0.4, 0.5) is 0 Å². The summed E-state index contributed by atoms with van der Waals surface area (Å²) in [5, 5.41) is 3.39. The molecule has 0 fully saturated rings. The lowest BCUT2D eigenvalue weighted by molar-refractivity contribution is -0.127. The number of amides is 1. The van der Waals surface area contributed by atoms with E-state index in [1.807, 2.05) is 18.7 Å². The molecule has 112 valence electrons. The molecule has 1 rings (SSSR count). The first-order valence-corrected chi connectivity index (χ1v) is 8.34. The van der Waals surface area contributed by atoms with Crippen LogP contribution in [0.25, 0.3) is 0 Å². The lowest BCUT2D eigenvalue weighted by atomic mass is 10.1. The van der Waals surface area contributed by atoms with Crippen LogP contribution >= 0.6 is 11.8 Å². The molecule has 1 atom stereocenters. The molecule has 0 heterocycles. The molecule has 3 nitrogen and oxygen atoms in total. The Morgan fingerprint density at radius 3 is 2.30 bits per heavy atom. The van der Waals surface area contributed by atoms with Crippen LogP contribution in [0.1, 0.15) is 39.3 Å². The van der Waals surface area contributed by atoms with Gasteiger partial charge in [-0.2, -0.15) is 0 Å². The van der Waals surface area contributed by atoms with E-state index in [1.54, 1.807) is 11.8 Å². The van der Waals surface area contributed by atoms with E-state index < -0.39 is 0 Å². The van der Waals surface area contributed by atoms with Gasteiger partial charge in [-0.25, -0.2) is 0 Å². The molecular weight excluding hydrogens is 268 g/mol. The topological polar surface area (TPSA) is 32.3 Å². The maximum atomic E-state index is 11.9. The van der Waals surface area contributed by atoms with Gasteiger partial charge >= 0.3 is 0 Å². The molecule has 1 unspecified atom stereocenters. The molecule has 1 N–H and O–H groups in total. The molecule has 0 aromatic heterocycles. The van der Waals surface area contributed by atoms with Gasteiger partial charge in [-0.15, -0.1) is 11.8 Å². The number of hydrogen-bond donors (Lipinski definition) is 1. The lowest BCUT2D eigenvalue weighted by Crippen LogP contribution is -2.31. The number of benzene rings is 1. The third kappa shape index (κ3) is 5.17. The SMILES string of the molecule is CCNC(C)c1ccc(SCC(=O)N(CC)CC)cc1. The summed E-state index contributed by atoms with van der Waals surface area (Å²) in [4.78, 5) is 15.0. The van der Waals surface area contributed by atoms with Gasteiger partial charge in [0.1, 0.15) is 0 Å². The first kappa shape index (κ1) is 17.1. The van der Waals surface area contributed by atoms with E-state index in [0.717, 1.165) is 24.5 Å². The number of rotatable bonds is 8. The summed E-state index contributed by atoms with van der Waals surface area (Å²) in [6.07, 6.45) is 0. The van der Waals surface area contributed by atoms with Crippen LogP contribution < -0.4 is 5.32 Å². The molecule has 1 amide bonds. The number of thioether (sulfide) groups is 1. The normalized spacial score (nSPS) is 12.2. The van der Waals surface area contributed by atoms with Crippen molar-refractivity contribution in [2.75, 3.05) is 25.4 Å². The number of nitrogens with zero attached hydrogens (tertiary/aromatic N) is 1. The van der Waals surface area contributed by atoms with Crippen LogP contribution in [0.2, 0.25) is 0 Å². The molecule has 0 aliphatic rings. The van der Waals surface area contributed by atoms with E-state index in [9.17, 15) is 4.79 Å². The van der Waals surface area contributed by atoms with Gasteiger partial charge in [0.25, 0.3) is 0 Å².